The zero-order valence-electron chi connectivity index (χ0n) is 10.9. The molecular weight excluding hydrogens is 218 g/mol. The molecule has 96 valence electrons. The van der Waals surface area contributed by atoms with Gasteiger partial charge in [0.15, 0.2) is 0 Å². The SMILES string of the molecule is CCc1nn(C)c(NCC(C)(C)C(N)=O)c1N. The van der Waals surface area contributed by atoms with Crippen LogP contribution in [0.25, 0.3) is 0 Å². The minimum absolute atomic E-state index is 0.346. The van der Waals surface area contributed by atoms with Crippen LogP contribution in [-0.4, -0.2) is 22.2 Å². The first-order chi connectivity index (χ1) is 7.79. The minimum Gasteiger partial charge on any atom is -0.394 e. The zero-order valence-corrected chi connectivity index (χ0v) is 10.9. The third-order valence-electron chi connectivity index (χ3n) is 2.86. The second kappa shape index (κ2) is 4.65. The summed E-state index contributed by atoms with van der Waals surface area (Å²) in [4.78, 5) is 11.2. The fourth-order valence-electron chi connectivity index (χ4n) is 1.46. The van der Waals surface area contributed by atoms with E-state index < -0.39 is 5.41 Å². The minimum atomic E-state index is -0.622. The molecule has 0 atom stereocenters. The van der Waals surface area contributed by atoms with Gasteiger partial charge in [-0.3, -0.25) is 9.48 Å². The molecule has 1 heterocycles. The van der Waals surface area contributed by atoms with E-state index in [1.165, 1.54) is 0 Å². The molecule has 1 aromatic heterocycles. The largest absolute Gasteiger partial charge is 0.394 e. The van der Waals surface area contributed by atoms with Gasteiger partial charge >= 0.3 is 0 Å². The van der Waals surface area contributed by atoms with Crippen molar-refractivity contribution in [1.29, 1.82) is 0 Å². The van der Waals surface area contributed by atoms with Gasteiger partial charge in [0.05, 0.1) is 16.8 Å². The molecule has 0 unspecified atom stereocenters. The van der Waals surface area contributed by atoms with Crippen molar-refractivity contribution in [1.82, 2.24) is 9.78 Å². The van der Waals surface area contributed by atoms with Crippen molar-refractivity contribution in [2.75, 3.05) is 17.6 Å². The number of amides is 1. The van der Waals surface area contributed by atoms with E-state index in [0.29, 0.717) is 12.2 Å². The highest BCUT2D eigenvalue weighted by molar-refractivity contribution is 5.80. The average Bonchev–Trinajstić information content (AvgIpc) is 2.51. The summed E-state index contributed by atoms with van der Waals surface area (Å²) in [5.74, 6) is 0.387. The molecule has 0 aliphatic carbocycles. The van der Waals surface area contributed by atoms with Gasteiger partial charge in [0.1, 0.15) is 5.82 Å². The van der Waals surface area contributed by atoms with E-state index in [2.05, 4.69) is 10.4 Å². The molecule has 1 amide bonds. The molecule has 0 aromatic carbocycles. The van der Waals surface area contributed by atoms with Crippen LogP contribution in [0.5, 0.6) is 0 Å². The van der Waals surface area contributed by atoms with E-state index in [1.807, 2.05) is 14.0 Å². The average molecular weight is 239 g/mol. The lowest BCUT2D eigenvalue weighted by Gasteiger charge is -2.21. The summed E-state index contributed by atoms with van der Waals surface area (Å²) in [6.07, 6.45) is 0.778. The fourth-order valence-corrected chi connectivity index (χ4v) is 1.46. The summed E-state index contributed by atoms with van der Waals surface area (Å²) in [5.41, 5.74) is 12.1. The number of nitrogen functional groups attached to an aromatic ring is 1. The van der Waals surface area contributed by atoms with Gasteiger partial charge in [-0.25, -0.2) is 0 Å². The zero-order chi connectivity index (χ0) is 13.2. The molecule has 1 rings (SSSR count). The molecule has 0 aliphatic heterocycles. The Balaban J connectivity index is 2.83. The van der Waals surface area contributed by atoms with Crippen molar-refractivity contribution in [2.24, 2.45) is 18.2 Å². The van der Waals surface area contributed by atoms with Gasteiger partial charge in [-0.1, -0.05) is 6.92 Å². The summed E-state index contributed by atoms with van der Waals surface area (Å²) in [6, 6.07) is 0. The van der Waals surface area contributed by atoms with Crippen molar-refractivity contribution in [3.8, 4) is 0 Å². The number of hydrogen-bond donors (Lipinski definition) is 3. The number of anilines is 2. The molecule has 0 saturated heterocycles. The smallest absolute Gasteiger partial charge is 0.224 e. The van der Waals surface area contributed by atoms with Crippen molar-refractivity contribution in [2.45, 2.75) is 27.2 Å². The number of rotatable bonds is 5. The number of carbonyl (C=O) groups excluding carboxylic acids is 1. The molecule has 0 fully saturated rings. The second-order valence-corrected chi connectivity index (χ2v) is 4.79. The summed E-state index contributed by atoms with van der Waals surface area (Å²) < 4.78 is 1.69. The van der Waals surface area contributed by atoms with Crippen LogP contribution in [0.3, 0.4) is 0 Å². The van der Waals surface area contributed by atoms with Crippen LogP contribution < -0.4 is 16.8 Å². The van der Waals surface area contributed by atoms with Crippen LogP contribution in [0.1, 0.15) is 26.5 Å². The van der Waals surface area contributed by atoms with Crippen LogP contribution in [0, 0.1) is 5.41 Å². The monoisotopic (exact) mass is 239 g/mol. The van der Waals surface area contributed by atoms with Gasteiger partial charge in [-0.15, -0.1) is 0 Å². The first-order valence-corrected chi connectivity index (χ1v) is 5.64. The van der Waals surface area contributed by atoms with Crippen molar-refractivity contribution >= 4 is 17.4 Å². The number of carbonyl (C=O) groups is 1. The van der Waals surface area contributed by atoms with Crippen molar-refractivity contribution < 1.29 is 4.79 Å². The lowest BCUT2D eigenvalue weighted by molar-refractivity contribution is -0.125. The summed E-state index contributed by atoms with van der Waals surface area (Å²) in [6.45, 7) is 6.00. The van der Waals surface area contributed by atoms with Gasteiger partial charge < -0.3 is 16.8 Å². The predicted octanol–water partition coefficient (Wildman–Crippen LogP) is 0.488. The van der Waals surface area contributed by atoms with E-state index >= 15 is 0 Å². The molecule has 0 aliphatic rings. The maximum absolute atomic E-state index is 11.2. The first kappa shape index (κ1) is 13.3. The molecule has 0 saturated carbocycles. The Labute approximate surface area is 101 Å². The van der Waals surface area contributed by atoms with E-state index in [9.17, 15) is 4.79 Å². The molecule has 0 radical (unpaired) electrons. The van der Waals surface area contributed by atoms with Gasteiger partial charge in [-0.2, -0.15) is 5.10 Å². The quantitative estimate of drug-likeness (QED) is 0.696. The molecule has 6 heteroatoms. The number of hydrogen-bond acceptors (Lipinski definition) is 4. The molecular formula is C11H21N5O. The number of nitrogens with two attached hydrogens (primary N) is 2. The van der Waals surface area contributed by atoms with Crippen LogP contribution in [0.15, 0.2) is 0 Å². The summed E-state index contributed by atoms with van der Waals surface area (Å²) in [5, 5.41) is 7.42. The Morgan fingerprint density at radius 1 is 1.53 bits per heavy atom. The third-order valence-corrected chi connectivity index (χ3v) is 2.86. The third kappa shape index (κ3) is 2.69. The van der Waals surface area contributed by atoms with Gasteiger partial charge in [-0.05, 0) is 20.3 Å². The molecule has 6 nitrogen and oxygen atoms in total. The molecule has 1 aromatic rings. The topological polar surface area (TPSA) is 99.0 Å². The summed E-state index contributed by atoms with van der Waals surface area (Å²) in [7, 11) is 1.81. The lowest BCUT2D eigenvalue weighted by Crippen LogP contribution is -2.37. The highest BCUT2D eigenvalue weighted by Crippen LogP contribution is 2.24. The predicted molar refractivity (Wildman–Crippen MR) is 68.5 cm³/mol. The molecule has 0 spiro atoms. The number of nitrogens with one attached hydrogen (secondary N) is 1. The Morgan fingerprint density at radius 2 is 2.12 bits per heavy atom. The summed E-state index contributed by atoms with van der Waals surface area (Å²) >= 11 is 0. The van der Waals surface area contributed by atoms with Gasteiger partial charge in [0.2, 0.25) is 5.91 Å². The van der Waals surface area contributed by atoms with Crippen LogP contribution in [0.2, 0.25) is 0 Å². The highest BCUT2D eigenvalue weighted by atomic mass is 16.1. The maximum atomic E-state index is 11.2. The first-order valence-electron chi connectivity index (χ1n) is 5.64. The Kier molecular flexibility index (Phi) is 3.65. The lowest BCUT2D eigenvalue weighted by atomic mass is 9.93. The molecule has 5 N–H and O–H groups in total. The Morgan fingerprint density at radius 3 is 2.53 bits per heavy atom. The Hall–Kier alpha value is -1.72. The highest BCUT2D eigenvalue weighted by Gasteiger charge is 2.25. The van der Waals surface area contributed by atoms with E-state index in [0.717, 1.165) is 17.9 Å². The fraction of sp³-hybridized carbons (Fsp3) is 0.636. The van der Waals surface area contributed by atoms with E-state index in [4.69, 9.17) is 11.5 Å². The van der Waals surface area contributed by atoms with E-state index in [-0.39, 0.29) is 5.91 Å². The maximum Gasteiger partial charge on any atom is 0.224 e. The van der Waals surface area contributed by atoms with Crippen LogP contribution in [0.4, 0.5) is 11.5 Å². The van der Waals surface area contributed by atoms with Crippen LogP contribution in [-0.2, 0) is 18.3 Å². The van der Waals surface area contributed by atoms with Gasteiger partial charge in [0, 0.05) is 13.6 Å². The number of aryl methyl sites for hydroxylation is 2. The number of nitrogens with zero attached hydrogens (tertiary/aromatic N) is 2. The van der Waals surface area contributed by atoms with Crippen molar-refractivity contribution in [3.05, 3.63) is 5.69 Å². The normalized spacial score (nSPS) is 11.5. The number of primary amides is 1. The van der Waals surface area contributed by atoms with Gasteiger partial charge in [0.25, 0.3) is 0 Å². The molecule has 0 bridgehead atoms. The van der Waals surface area contributed by atoms with Crippen LogP contribution >= 0.6 is 0 Å². The standard InChI is InChI=1S/C11H21N5O/c1-5-7-8(12)9(16(4)15-7)14-6-11(2,3)10(13)17/h14H,5-6,12H2,1-4H3,(H2,13,17). The van der Waals surface area contributed by atoms with Crippen molar-refractivity contribution in [3.63, 3.8) is 0 Å². The molecule has 17 heavy (non-hydrogen) atoms. The number of aromatic nitrogens is 2. The Bertz CT molecular complexity index is 422. The second-order valence-electron chi connectivity index (χ2n) is 4.79. The van der Waals surface area contributed by atoms with E-state index in [1.54, 1.807) is 18.5 Å².